The summed E-state index contributed by atoms with van der Waals surface area (Å²) in [6.07, 6.45) is 2.78. The average Bonchev–Trinajstić information content (AvgIpc) is 3.80. The number of methoxy groups -OCH3 is 2. The van der Waals surface area contributed by atoms with Crippen molar-refractivity contribution in [3.8, 4) is 22.6 Å². The van der Waals surface area contributed by atoms with Crippen LogP contribution in [0.4, 0.5) is 18.9 Å². The van der Waals surface area contributed by atoms with E-state index in [1.807, 2.05) is 50.2 Å². The molecule has 0 aliphatic carbocycles. The van der Waals surface area contributed by atoms with Crippen LogP contribution in [0.25, 0.3) is 23.3 Å². The average molecular weight is 715 g/mol. The number of likely N-dealkylation sites (tertiary alicyclic amines) is 2. The quantitative estimate of drug-likeness (QED) is 0.152. The van der Waals surface area contributed by atoms with E-state index >= 15 is 0 Å². The minimum atomic E-state index is -4.54. The van der Waals surface area contributed by atoms with Crippen LogP contribution in [-0.2, 0) is 19.3 Å². The van der Waals surface area contributed by atoms with Gasteiger partial charge in [-0.05, 0) is 97.8 Å². The highest BCUT2D eigenvalue weighted by Gasteiger charge is 2.34. The summed E-state index contributed by atoms with van der Waals surface area (Å²) < 4.78 is 54.2. The van der Waals surface area contributed by atoms with Crippen LogP contribution in [-0.4, -0.2) is 72.3 Å². The Morgan fingerprint density at radius 2 is 1.54 bits per heavy atom. The van der Waals surface area contributed by atoms with Gasteiger partial charge in [0, 0.05) is 55.3 Å². The number of rotatable bonds is 11. The summed E-state index contributed by atoms with van der Waals surface area (Å²) in [5, 5.41) is 12.9. The summed E-state index contributed by atoms with van der Waals surface area (Å²) in [5.41, 5.74) is 5.75. The molecule has 0 bridgehead atoms. The zero-order valence-corrected chi connectivity index (χ0v) is 30.0. The molecule has 274 valence electrons. The molecule has 0 spiro atoms. The number of aromatic nitrogens is 1. The van der Waals surface area contributed by atoms with E-state index < -0.39 is 17.6 Å². The van der Waals surface area contributed by atoms with E-state index in [9.17, 15) is 23.1 Å². The number of hydrogen-bond donors (Lipinski definition) is 2. The van der Waals surface area contributed by atoms with Gasteiger partial charge >= 0.3 is 6.18 Å². The van der Waals surface area contributed by atoms with Crippen molar-refractivity contribution in [1.29, 1.82) is 0 Å². The van der Waals surface area contributed by atoms with Crippen LogP contribution in [0.2, 0.25) is 0 Å². The van der Waals surface area contributed by atoms with E-state index in [1.54, 1.807) is 25.4 Å². The summed E-state index contributed by atoms with van der Waals surface area (Å²) in [7, 11) is 3.04. The van der Waals surface area contributed by atoms with Crippen LogP contribution in [0.3, 0.4) is 0 Å². The molecule has 6 rings (SSSR count). The number of halogens is 3. The first kappa shape index (κ1) is 37.1. The fourth-order valence-electron chi connectivity index (χ4n) is 7.17. The van der Waals surface area contributed by atoms with Gasteiger partial charge in [-0.25, -0.2) is 0 Å². The second kappa shape index (κ2) is 15.9. The maximum Gasteiger partial charge on any atom is 0.417 e. The van der Waals surface area contributed by atoms with Gasteiger partial charge in [-0.15, -0.1) is 0 Å². The summed E-state index contributed by atoms with van der Waals surface area (Å²) >= 11 is 0. The molecule has 4 aromatic rings. The van der Waals surface area contributed by atoms with Crippen molar-refractivity contribution >= 4 is 23.7 Å². The van der Waals surface area contributed by atoms with Gasteiger partial charge in [-0.2, -0.15) is 13.2 Å². The first-order chi connectivity index (χ1) is 24.9. The predicted octanol–water partition coefficient (Wildman–Crippen LogP) is 7.99. The minimum Gasteiger partial charge on any atom is -0.496 e. The Hall–Kier alpha value is -4.71. The molecule has 3 aromatic carbocycles. The topological polar surface area (TPSA) is 87.2 Å². The van der Waals surface area contributed by atoms with Gasteiger partial charge in [0.2, 0.25) is 0 Å². The molecule has 11 heteroatoms. The number of nitrogens with zero attached hydrogens (tertiary/aromatic N) is 3. The maximum atomic E-state index is 14.4. The third-order valence-corrected chi connectivity index (χ3v) is 10.1. The number of hydrogen-bond acceptors (Lipinski definition) is 7. The predicted molar refractivity (Wildman–Crippen MR) is 197 cm³/mol. The van der Waals surface area contributed by atoms with Crippen molar-refractivity contribution in [1.82, 2.24) is 14.8 Å². The Morgan fingerprint density at radius 3 is 2.21 bits per heavy atom. The van der Waals surface area contributed by atoms with Crippen molar-refractivity contribution in [2.75, 3.05) is 45.7 Å². The number of amides is 1. The molecule has 2 saturated heterocycles. The van der Waals surface area contributed by atoms with Gasteiger partial charge < -0.3 is 19.9 Å². The number of pyridine rings is 1. The number of carbonyl (C=O) groups is 1. The van der Waals surface area contributed by atoms with Crippen molar-refractivity contribution < 1.29 is 32.5 Å². The van der Waals surface area contributed by atoms with E-state index in [-0.39, 0.29) is 17.4 Å². The van der Waals surface area contributed by atoms with Crippen molar-refractivity contribution in [3.63, 3.8) is 0 Å². The highest BCUT2D eigenvalue weighted by atomic mass is 19.4. The first-order valence-corrected chi connectivity index (χ1v) is 17.6. The number of β-amino-alcohol motifs (C(OH)–C–C–N with tert-alkyl or cyclic N) is 1. The van der Waals surface area contributed by atoms with Crippen LogP contribution in [0.1, 0.15) is 68.7 Å². The Balaban J connectivity index is 1.24. The van der Waals surface area contributed by atoms with E-state index in [2.05, 4.69) is 20.1 Å². The summed E-state index contributed by atoms with van der Waals surface area (Å²) in [4.78, 5) is 22.1. The monoisotopic (exact) mass is 714 g/mol. The first-order valence-electron chi connectivity index (χ1n) is 17.6. The zero-order valence-electron chi connectivity index (χ0n) is 30.0. The molecule has 0 unspecified atom stereocenters. The van der Waals surface area contributed by atoms with Crippen molar-refractivity contribution in [2.45, 2.75) is 58.5 Å². The van der Waals surface area contributed by atoms with Gasteiger partial charge in [0.25, 0.3) is 5.91 Å². The fourth-order valence-corrected chi connectivity index (χ4v) is 7.17. The Labute approximate surface area is 302 Å². The molecular formula is C41H45F3N4O4. The third-order valence-electron chi connectivity index (χ3n) is 10.1. The molecule has 1 atom stereocenters. The molecule has 1 amide bonds. The summed E-state index contributed by atoms with van der Waals surface area (Å²) in [5.74, 6) is 0.593. The second-order valence-electron chi connectivity index (χ2n) is 13.6. The lowest BCUT2D eigenvalue weighted by molar-refractivity contribution is -0.137. The smallest absolute Gasteiger partial charge is 0.417 e. The van der Waals surface area contributed by atoms with Gasteiger partial charge in [0.15, 0.2) is 0 Å². The van der Waals surface area contributed by atoms with E-state index in [4.69, 9.17) is 9.47 Å². The maximum absolute atomic E-state index is 14.4. The van der Waals surface area contributed by atoms with Crippen LogP contribution in [0, 0.1) is 13.8 Å². The number of carbonyl (C=O) groups excluding carboxylic acids is 1. The molecule has 0 radical (unpaired) electrons. The molecule has 0 saturated carbocycles. The Bertz CT molecular complexity index is 1960. The largest absolute Gasteiger partial charge is 0.496 e. The molecule has 1 aromatic heterocycles. The lowest BCUT2D eigenvalue weighted by Crippen LogP contribution is -2.22. The summed E-state index contributed by atoms with van der Waals surface area (Å²) in [6, 6.07) is 15.7. The van der Waals surface area contributed by atoms with E-state index in [1.165, 1.54) is 25.3 Å². The van der Waals surface area contributed by atoms with Crippen LogP contribution < -0.4 is 14.8 Å². The highest BCUT2D eigenvalue weighted by Crippen LogP contribution is 2.38. The standard InChI is InChI=1S/C41H45F3N4O4/c1-26-28(13-14-29-20-38(51-3)30(19-35(29)41(42,43)44)23-47-16-5-6-17-47)9-7-10-33(26)34-11-8-12-36(27(34)2)46-40(50)37-21-39(52-4)31(22-45-37)24-48-18-15-32(49)25-48/h7-14,19-22,32,49H,5-6,15-18,23-25H2,1-4H3,(H,46,50)/b14-13+/t32-/m1/s1. The molecular weight excluding hydrogens is 669 g/mol. The molecule has 2 aliphatic heterocycles. The van der Waals surface area contributed by atoms with Gasteiger partial charge in [-0.3, -0.25) is 19.6 Å². The molecule has 2 N–H and O–H groups in total. The molecule has 8 nitrogen and oxygen atoms in total. The van der Waals surface area contributed by atoms with Crippen LogP contribution >= 0.6 is 0 Å². The van der Waals surface area contributed by atoms with Crippen molar-refractivity contribution in [2.24, 2.45) is 0 Å². The third kappa shape index (κ3) is 8.33. The van der Waals surface area contributed by atoms with Gasteiger partial charge in [0.05, 0.1) is 25.9 Å². The second-order valence-corrected chi connectivity index (χ2v) is 13.6. The van der Waals surface area contributed by atoms with Crippen molar-refractivity contribution in [3.05, 3.63) is 105 Å². The Kier molecular flexibility index (Phi) is 11.3. The molecule has 2 aliphatic rings. The lowest BCUT2D eigenvalue weighted by Gasteiger charge is -2.20. The number of anilines is 1. The fraction of sp³-hybridized carbons (Fsp3) is 0.366. The van der Waals surface area contributed by atoms with Gasteiger partial charge in [0.1, 0.15) is 17.2 Å². The minimum absolute atomic E-state index is 0.0355. The number of aliphatic hydroxyl groups excluding tert-OH is 1. The van der Waals surface area contributed by atoms with Gasteiger partial charge in [-0.1, -0.05) is 42.5 Å². The van der Waals surface area contributed by atoms with E-state index in [0.717, 1.165) is 72.3 Å². The lowest BCUT2D eigenvalue weighted by atomic mass is 9.92. The number of aliphatic hydroxyl groups is 1. The molecule has 52 heavy (non-hydrogen) atoms. The number of nitrogens with one attached hydrogen (secondary N) is 1. The van der Waals surface area contributed by atoms with E-state index in [0.29, 0.717) is 42.4 Å². The number of ether oxygens (including phenoxy) is 2. The zero-order chi connectivity index (χ0) is 37.0. The van der Waals surface area contributed by atoms with Crippen LogP contribution in [0.5, 0.6) is 11.5 Å². The Morgan fingerprint density at radius 1 is 0.885 bits per heavy atom. The molecule has 2 fully saturated rings. The number of alkyl halides is 3. The number of benzene rings is 3. The van der Waals surface area contributed by atoms with Crippen LogP contribution in [0.15, 0.2) is 60.8 Å². The summed E-state index contributed by atoms with van der Waals surface area (Å²) in [6.45, 7) is 7.92. The highest BCUT2D eigenvalue weighted by molar-refractivity contribution is 6.04. The normalized spacial score (nSPS) is 16.9. The SMILES string of the molecule is COc1cc(/C=C/c2cccc(-c3cccc(NC(=O)c4cc(OC)c(CN5CC[C@@H](O)C5)cn4)c3C)c2C)c(C(F)(F)F)cc1CN1CCCC1. The molecule has 3 heterocycles.